The lowest BCUT2D eigenvalue weighted by Gasteiger charge is -2.34. The van der Waals surface area contributed by atoms with Gasteiger partial charge in [-0.25, -0.2) is 4.79 Å². The van der Waals surface area contributed by atoms with Crippen molar-refractivity contribution in [3.05, 3.63) is 64.2 Å². The molecule has 39 heavy (non-hydrogen) atoms. The Morgan fingerprint density at radius 1 is 1.05 bits per heavy atom. The van der Waals surface area contributed by atoms with Gasteiger partial charge in [0.15, 0.2) is 0 Å². The molecule has 0 saturated heterocycles. The van der Waals surface area contributed by atoms with Crippen LogP contribution in [-0.2, 0) is 20.7 Å². The first-order valence-electron chi connectivity index (χ1n) is 13.5. The molecule has 2 unspecified atom stereocenters. The van der Waals surface area contributed by atoms with Crippen LogP contribution in [0.5, 0.6) is 0 Å². The summed E-state index contributed by atoms with van der Waals surface area (Å²) in [5, 5.41) is 6.02. The van der Waals surface area contributed by atoms with E-state index >= 15 is 0 Å². The van der Waals surface area contributed by atoms with E-state index in [1.165, 1.54) is 4.90 Å². The number of carbonyl (C=O) groups excluding carboxylic acids is 3. The smallest absolute Gasteiger partial charge is 0.408 e. The minimum atomic E-state index is -0.989. The van der Waals surface area contributed by atoms with Crippen LogP contribution < -0.4 is 10.6 Å². The van der Waals surface area contributed by atoms with Crippen LogP contribution in [0.25, 0.3) is 0 Å². The van der Waals surface area contributed by atoms with Crippen LogP contribution in [0, 0.1) is 6.92 Å². The molecule has 0 saturated carbocycles. The van der Waals surface area contributed by atoms with Gasteiger partial charge in [-0.15, -0.1) is 0 Å². The fourth-order valence-corrected chi connectivity index (χ4v) is 4.64. The molecule has 3 amide bonds. The molecular formula is C30H42ClN3O4S. The number of anilines is 1. The van der Waals surface area contributed by atoms with E-state index in [-0.39, 0.29) is 5.75 Å². The third-order valence-electron chi connectivity index (χ3n) is 6.19. The van der Waals surface area contributed by atoms with Gasteiger partial charge in [0.2, 0.25) is 5.91 Å². The van der Waals surface area contributed by atoms with Gasteiger partial charge in [0.25, 0.3) is 5.91 Å². The highest BCUT2D eigenvalue weighted by Gasteiger charge is 2.36. The van der Waals surface area contributed by atoms with Gasteiger partial charge < -0.3 is 20.3 Å². The molecule has 0 fully saturated rings. The predicted octanol–water partition coefficient (Wildman–Crippen LogP) is 6.73. The van der Waals surface area contributed by atoms with Crippen LogP contribution in [0.1, 0.15) is 76.6 Å². The van der Waals surface area contributed by atoms with Gasteiger partial charge in [0, 0.05) is 12.3 Å². The molecule has 9 heteroatoms. The average Bonchev–Trinajstić information content (AvgIpc) is 2.87. The van der Waals surface area contributed by atoms with E-state index in [0.717, 1.165) is 30.4 Å². The van der Waals surface area contributed by atoms with Crippen molar-refractivity contribution in [2.24, 2.45) is 0 Å². The standard InChI is InChI=1S/C30H42ClN3O4S/c1-7-9-10-18-34(28(36)24(19-39)32-29(37)38-30(4,5)6)26(22-16-14-21(8-2)15-17-22)27(35)33-25-20(3)12-11-13-23(25)31/h11-17,24,26,39H,7-10,18-19H2,1-6H3,(H,32,37)(H,33,35). The number of rotatable bonds is 12. The summed E-state index contributed by atoms with van der Waals surface area (Å²) in [6.07, 6.45) is 2.63. The lowest BCUT2D eigenvalue weighted by Crippen LogP contribution is -2.53. The van der Waals surface area contributed by atoms with Gasteiger partial charge in [0.05, 0.1) is 10.7 Å². The molecule has 0 bridgehead atoms. The van der Waals surface area contributed by atoms with Crippen molar-refractivity contribution in [2.45, 2.75) is 84.9 Å². The Labute approximate surface area is 243 Å². The van der Waals surface area contributed by atoms with E-state index in [1.807, 2.05) is 43.3 Å². The zero-order chi connectivity index (χ0) is 29.2. The van der Waals surface area contributed by atoms with Crippen LogP contribution >= 0.6 is 24.2 Å². The van der Waals surface area contributed by atoms with Gasteiger partial charge in [-0.05, 0) is 63.3 Å². The summed E-state index contributed by atoms with van der Waals surface area (Å²) < 4.78 is 5.37. The molecule has 0 aliphatic carbocycles. The van der Waals surface area contributed by atoms with Crippen LogP contribution in [0.15, 0.2) is 42.5 Å². The molecule has 0 radical (unpaired) electrons. The number of unbranched alkanes of at least 4 members (excludes halogenated alkanes) is 2. The number of nitrogens with zero attached hydrogens (tertiary/aromatic N) is 1. The molecule has 2 atom stereocenters. The second-order valence-electron chi connectivity index (χ2n) is 10.5. The largest absolute Gasteiger partial charge is 0.444 e. The Hall–Kier alpha value is -2.71. The Morgan fingerprint density at radius 2 is 1.72 bits per heavy atom. The summed E-state index contributed by atoms with van der Waals surface area (Å²) in [5.74, 6) is -0.771. The van der Waals surface area contributed by atoms with Crippen molar-refractivity contribution < 1.29 is 19.1 Å². The van der Waals surface area contributed by atoms with Gasteiger partial charge >= 0.3 is 6.09 Å². The van der Waals surface area contributed by atoms with Gasteiger partial charge in [-0.2, -0.15) is 12.6 Å². The maximum absolute atomic E-state index is 14.0. The number of alkyl carbamates (subject to hydrolysis) is 1. The molecule has 0 aliphatic rings. The molecule has 2 rings (SSSR count). The summed E-state index contributed by atoms with van der Waals surface area (Å²) >= 11 is 10.8. The fourth-order valence-electron chi connectivity index (χ4n) is 4.12. The van der Waals surface area contributed by atoms with Gasteiger partial charge in [0.1, 0.15) is 17.7 Å². The Balaban J connectivity index is 2.53. The molecule has 0 aromatic heterocycles. The van der Waals surface area contributed by atoms with Gasteiger partial charge in [-0.1, -0.05) is 74.7 Å². The molecule has 0 aliphatic heterocycles. The molecule has 0 heterocycles. The topological polar surface area (TPSA) is 87.7 Å². The lowest BCUT2D eigenvalue weighted by molar-refractivity contribution is -0.140. The third kappa shape index (κ3) is 9.76. The average molecular weight is 576 g/mol. The number of amides is 3. The monoisotopic (exact) mass is 575 g/mol. The quantitative estimate of drug-likeness (QED) is 0.193. The van der Waals surface area contributed by atoms with E-state index in [2.05, 4.69) is 37.1 Å². The molecule has 7 nitrogen and oxygen atoms in total. The van der Waals surface area contributed by atoms with Crippen molar-refractivity contribution >= 4 is 47.8 Å². The summed E-state index contributed by atoms with van der Waals surface area (Å²) in [7, 11) is 0. The van der Waals surface area contributed by atoms with E-state index in [9.17, 15) is 14.4 Å². The number of hydrogen-bond acceptors (Lipinski definition) is 5. The van der Waals surface area contributed by atoms with Crippen LogP contribution in [0.2, 0.25) is 5.02 Å². The van der Waals surface area contributed by atoms with E-state index in [1.54, 1.807) is 26.8 Å². The van der Waals surface area contributed by atoms with Crippen molar-refractivity contribution in [2.75, 3.05) is 17.6 Å². The molecule has 0 spiro atoms. The predicted molar refractivity (Wildman–Crippen MR) is 162 cm³/mol. The van der Waals surface area contributed by atoms with E-state index in [4.69, 9.17) is 16.3 Å². The lowest BCUT2D eigenvalue weighted by atomic mass is 10.00. The maximum atomic E-state index is 14.0. The van der Waals surface area contributed by atoms with Crippen LogP contribution in [0.4, 0.5) is 10.5 Å². The second-order valence-corrected chi connectivity index (χ2v) is 11.3. The first kappa shape index (κ1) is 32.5. The van der Waals surface area contributed by atoms with E-state index in [0.29, 0.717) is 29.2 Å². The Morgan fingerprint density at radius 3 is 2.26 bits per heavy atom. The zero-order valence-corrected chi connectivity index (χ0v) is 25.5. The SMILES string of the molecule is CCCCCN(C(=O)C(CS)NC(=O)OC(C)(C)C)C(C(=O)Nc1c(C)cccc1Cl)c1ccc(CC)cc1. The third-order valence-corrected chi connectivity index (χ3v) is 6.87. The second kappa shape index (κ2) is 15.2. The molecular weight excluding hydrogens is 534 g/mol. The highest BCUT2D eigenvalue weighted by molar-refractivity contribution is 7.80. The highest BCUT2D eigenvalue weighted by atomic mass is 35.5. The molecule has 214 valence electrons. The first-order valence-corrected chi connectivity index (χ1v) is 14.5. The number of thiol groups is 1. The number of aryl methyl sites for hydroxylation is 2. The summed E-state index contributed by atoms with van der Waals surface area (Å²) in [6, 6.07) is 11.1. The summed E-state index contributed by atoms with van der Waals surface area (Å²) in [5.41, 5.74) is 2.35. The number of nitrogens with one attached hydrogen (secondary N) is 2. The van der Waals surface area contributed by atoms with Crippen molar-refractivity contribution in [1.29, 1.82) is 0 Å². The Bertz CT molecular complexity index is 1100. The number of ether oxygens (including phenoxy) is 1. The number of hydrogen-bond donors (Lipinski definition) is 3. The first-order chi connectivity index (χ1) is 18.4. The number of halogens is 1. The normalized spacial score (nSPS) is 12.8. The number of carbonyl (C=O) groups is 3. The molecule has 2 aromatic rings. The Kier molecular flexibility index (Phi) is 12.6. The fraction of sp³-hybridized carbons (Fsp3) is 0.500. The van der Waals surface area contributed by atoms with Crippen molar-refractivity contribution in [3.8, 4) is 0 Å². The maximum Gasteiger partial charge on any atom is 0.408 e. The van der Waals surface area contributed by atoms with Crippen LogP contribution in [0.3, 0.4) is 0 Å². The highest BCUT2D eigenvalue weighted by Crippen LogP contribution is 2.30. The minimum Gasteiger partial charge on any atom is -0.444 e. The molecule has 2 N–H and O–H groups in total. The summed E-state index contributed by atoms with van der Waals surface area (Å²) in [4.78, 5) is 42.1. The van der Waals surface area contributed by atoms with Gasteiger partial charge in [-0.3, -0.25) is 9.59 Å². The van der Waals surface area contributed by atoms with Crippen molar-refractivity contribution in [3.63, 3.8) is 0 Å². The summed E-state index contributed by atoms with van der Waals surface area (Å²) in [6.45, 7) is 11.6. The van der Waals surface area contributed by atoms with Crippen LogP contribution in [-0.4, -0.2) is 46.7 Å². The van der Waals surface area contributed by atoms with Crippen molar-refractivity contribution in [1.82, 2.24) is 10.2 Å². The van der Waals surface area contributed by atoms with E-state index < -0.39 is 35.6 Å². The zero-order valence-electron chi connectivity index (χ0n) is 23.8. The number of para-hydroxylation sites is 1. The molecule has 2 aromatic carbocycles. The number of benzene rings is 2. The minimum absolute atomic E-state index is 0.0368.